The summed E-state index contributed by atoms with van der Waals surface area (Å²) in [6.07, 6.45) is 0. The fraction of sp³-hybridized carbons (Fsp3) is 0.0667. The van der Waals surface area contributed by atoms with E-state index in [1.54, 1.807) is 0 Å². The first-order valence-corrected chi connectivity index (χ1v) is 5.80. The van der Waals surface area contributed by atoms with Crippen molar-refractivity contribution in [3.8, 4) is 11.3 Å². The van der Waals surface area contributed by atoms with E-state index >= 15 is 0 Å². The maximum atomic E-state index is 11.8. The van der Waals surface area contributed by atoms with Crippen molar-refractivity contribution < 1.29 is 0 Å². The fourth-order valence-corrected chi connectivity index (χ4v) is 2.10. The average molecular weight is 236 g/mol. The number of benzene rings is 2. The van der Waals surface area contributed by atoms with Gasteiger partial charge in [-0.25, -0.2) is 5.10 Å². The highest BCUT2D eigenvalue weighted by molar-refractivity contribution is 5.93. The smallest absolute Gasteiger partial charge is 0.267 e. The molecule has 0 fully saturated rings. The molecule has 2 aromatic carbocycles. The van der Waals surface area contributed by atoms with Gasteiger partial charge in [-0.3, -0.25) is 4.79 Å². The molecule has 0 aliphatic carbocycles. The van der Waals surface area contributed by atoms with Crippen LogP contribution < -0.4 is 5.56 Å². The van der Waals surface area contributed by atoms with Crippen molar-refractivity contribution in [3.63, 3.8) is 0 Å². The molecule has 0 saturated carbocycles. The first-order valence-electron chi connectivity index (χ1n) is 5.80. The Hall–Kier alpha value is -2.42. The molecule has 3 rings (SSSR count). The van der Waals surface area contributed by atoms with Gasteiger partial charge in [0.15, 0.2) is 0 Å². The van der Waals surface area contributed by atoms with Crippen LogP contribution in [0.1, 0.15) is 5.56 Å². The quantitative estimate of drug-likeness (QED) is 0.706. The van der Waals surface area contributed by atoms with E-state index in [-0.39, 0.29) is 5.56 Å². The van der Waals surface area contributed by atoms with Gasteiger partial charge in [0.1, 0.15) is 0 Å². The summed E-state index contributed by atoms with van der Waals surface area (Å²) in [4.78, 5) is 11.8. The Morgan fingerprint density at radius 2 is 1.78 bits per heavy atom. The van der Waals surface area contributed by atoms with Gasteiger partial charge >= 0.3 is 0 Å². The zero-order chi connectivity index (χ0) is 12.5. The third-order valence-electron chi connectivity index (χ3n) is 2.99. The van der Waals surface area contributed by atoms with Gasteiger partial charge in [0.2, 0.25) is 0 Å². The lowest BCUT2D eigenvalue weighted by atomic mass is 10.0. The van der Waals surface area contributed by atoms with Crippen molar-refractivity contribution in [1.82, 2.24) is 10.2 Å². The van der Waals surface area contributed by atoms with E-state index in [1.165, 1.54) is 0 Å². The largest absolute Gasteiger partial charge is 0.272 e. The van der Waals surface area contributed by atoms with E-state index in [4.69, 9.17) is 0 Å². The molecule has 0 amide bonds. The summed E-state index contributed by atoms with van der Waals surface area (Å²) in [6, 6.07) is 15.7. The molecule has 3 nitrogen and oxygen atoms in total. The van der Waals surface area contributed by atoms with E-state index in [0.29, 0.717) is 5.39 Å². The summed E-state index contributed by atoms with van der Waals surface area (Å²) in [6.45, 7) is 1.97. The number of rotatable bonds is 1. The van der Waals surface area contributed by atoms with Crippen LogP contribution >= 0.6 is 0 Å². The van der Waals surface area contributed by atoms with Gasteiger partial charge in [-0.15, -0.1) is 0 Å². The van der Waals surface area contributed by atoms with Crippen LogP contribution in [0.15, 0.2) is 53.3 Å². The summed E-state index contributed by atoms with van der Waals surface area (Å²) in [5, 5.41) is 8.30. The van der Waals surface area contributed by atoms with Crippen LogP contribution in [0.25, 0.3) is 22.0 Å². The van der Waals surface area contributed by atoms with Crippen LogP contribution in [0.5, 0.6) is 0 Å². The van der Waals surface area contributed by atoms with Crippen LogP contribution in [-0.2, 0) is 0 Å². The van der Waals surface area contributed by atoms with E-state index in [9.17, 15) is 4.79 Å². The summed E-state index contributed by atoms with van der Waals surface area (Å²) >= 11 is 0. The fourth-order valence-electron chi connectivity index (χ4n) is 2.10. The number of aromatic amines is 1. The SMILES string of the molecule is Cc1ccc2c(-c3ccccc3)n[nH]c(=O)c2c1. The van der Waals surface area contributed by atoms with Crippen LogP contribution in [-0.4, -0.2) is 10.2 Å². The number of hydrogen-bond acceptors (Lipinski definition) is 2. The molecule has 1 aromatic heterocycles. The number of fused-ring (bicyclic) bond motifs is 1. The van der Waals surface area contributed by atoms with E-state index in [2.05, 4.69) is 10.2 Å². The normalized spacial score (nSPS) is 10.7. The summed E-state index contributed by atoms with van der Waals surface area (Å²) in [7, 11) is 0. The third-order valence-corrected chi connectivity index (χ3v) is 2.99. The molecule has 0 bridgehead atoms. The van der Waals surface area contributed by atoms with Crippen LogP contribution in [0.4, 0.5) is 0 Å². The molecule has 0 spiro atoms. The van der Waals surface area contributed by atoms with Crippen LogP contribution in [0.2, 0.25) is 0 Å². The van der Waals surface area contributed by atoms with Gasteiger partial charge < -0.3 is 0 Å². The first kappa shape index (κ1) is 10.7. The second-order valence-corrected chi connectivity index (χ2v) is 4.32. The van der Waals surface area contributed by atoms with Crippen LogP contribution in [0, 0.1) is 6.92 Å². The molecular weight excluding hydrogens is 224 g/mol. The minimum Gasteiger partial charge on any atom is -0.267 e. The molecule has 1 N–H and O–H groups in total. The standard InChI is InChI=1S/C15H12N2O/c1-10-7-8-12-13(9-10)15(18)17-16-14(12)11-5-3-2-4-6-11/h2-9H,1H3,(H,17,18). The summed E-state index contributed by atoms with van der Waals surface area (Å²) in [5.74, 6) is 0. The van der Waals surface area contributed by atoms with Crippen LogP contribution in [0.3, 0.4) is 0 Å². The minimum absolute atomic E-state index is 0.145. The number of nitrogens with zero attached hydrogens (tertiary/aromatic N) is 1. The maximum Gasteiger partial charge on any atom is 0.272 e. The predicted molar refractivity (Wildman–Crippen MR) is 72.5 cm³/mol. The van der Waals surface area contributed by atoms with Crippen molar-refractivity contribution in [3.05, 3.63) is 64.4 Å². The van der Waals surface area contributed by atoms with Gasteiger partial charge in [-0.1, -0.05) is 48.0 Å². The Kier molecular flexibility index (Phi) is 2.45. The molecule has 0 atom stereocenters. The Balaban J connectivity index is 2.39. The molecule has 88 valence electrons. The number of aryl methyl sites for hydroxylation is 1. The van der Waals surface area contributed by atoms with Crippen molar-refractivity contribution in [2.24, 2.45) is 0 Å². The predicted octanol–water partition coefficient (Wildman–Crippen LogP) is 2.90. The Bertz CT molecular complexity index is 760. The van der Waals surface area contributed by atoms with E-state index in [0.717, 1.165) is 22.2 Å². The summed E-state index contributed by atoms with van der Waals surface area (Å²) in [5.41, 5.74) is 2.74. The summed E-state index contributed by atoms with van der Waals surface area (Å²) < 4.78 is 0. The van der Waals surface area contributed by atoms with Gasteiger partial charge in [-0.05, 0) is 13.0 Å². The Labute approximate surface area is 104 Å². The van der Waals surface area contributed by atoms with Crippen molar-refractivity contribution >= 4 is 10.8 Å². The average Bonchev–Trinajstić information content (AvgIpc) is 2.41. The number of H-pyrrole nitrogens is 1. The first-order chi connectivity index (χ1) is 8.75. The highest BCUT2D eigenvalue weighted by Crippen LogP contribution is 2.24. The molecule has 0 aliphatic rings. The van der Waals surface area contributed by atoms with Gasteiger partial charge in [0, 0.05) is 10.9 Å². The number of nitrogens with one attached hydrogen (secondary N) is 1. The second-order valence-electron chi connectivity index (χ2n) is 4.32. The zero-order valence-electron chi connectivity index (χ0n) is 9.97. The lowest BCUT2D eigenvalue weighted by Crippen LogP contribution is -2.09. The second kappa shape index (κ2) is 4.11. The molecule has 0 aliphatic heterocycles. The molecule has 18 heavy (non-hydrogen) atoms. The topological polar surface area (TPSA) is 45.8 Å². The van der Waals surface area contributed by atoms with E-state index in [1.807, 2.05) is 55.5 Å². The van der Waals surface area contributed by atoms with Gasteiger partial charge in [-0.2, -0.15) is 5.10 Å². The Morgan fingerprint density at radius 3 is 2.56 bits per heavy atom. The van der Waals surface area contributed by atoms with Crippen molar-refractivity contribution in [2.45, 2.75) is 6.92 Å². The molecule has 0 radical (unpaired) electrons. The monoisotopic (exact) mass is 236 g/mol. The highest BCUT2D eigenvalue weighted by Gasteiger charge is 2.08. The maximum absolute atomic E-state index is 11.8. The molecule has 0 saturated heterocycles. The molecule has 0 unspecified atom stereocenters. The zero-order valence-corrected chi connectivity index (χ0v) is 9.97. The van der Waals surface area contributed by atoms with Gasteiger partial charge in [0.25, 0.3) is 5.56 Å². The lowest BCUT2D eigenvalue weighted by molar-refractivity contribution is 1.02. The third kappa shape index (κ3) is 1.70. The molecule has 3 heteroatoms. The molecule has 1 heterocycles. The van der Waals surface area contributed by atoms with Crippen molar-refractivity contribution in [2.75, 3.05) is 0 Å². The van der Waals surface area contributed by atoms with Gasteiger partial charge in [0.05, 0.1) is 11.1 Å². The number of aromatic nitrogens is 2. The Morgan fingerprint density at radius 1 is 1.00 bits per heavy atom. The lowest BCUT2D eigenvalue weighted by Gasteiger charge is -2.05. The molecule has 3 aromatic rings. The molecular formula is C15H12N2O. The minimum atomic E-state index is -0.145. The highest BCUT2D eigenvalue weighted by atomic mass is 16.1. The number of hydrogen-bond donors (Lipinski definition) is 1. The van der Waals surface area contributed by atoms with Crippen molar-refractivity contribution in [1.29, 1.82) is 0 Å². The van der Waals surface area contributed by atoms with E-state index < -0.39 is 0 Å².